The average Bonchev–Trinajstić information content (AvgIpc) is 3.54. The van der Waals surface area contributed by atoms with Crippen molar-refractivity contribution in [3.8, 4) is 0 Å². The molecule has 4 fully saturated rings. The van der Waals surface area contributed by atoms with Crippen molar-refractivity contribution in [2.24, 2.45) is 35.5 Å². The van der Waals surface area contributed by atoms with E-state index in [1.165, 1.54) is 103 Å². The molecule has 0 nitrogen and oxygen atoms in total. The van der Waals surface area contributed by atoms with Gasteiger partial charge in [0.25, 0.3) is 0 Å². The van der Waals surface area contributed by atoms with Gasteiger partial charge in [0.2, 0.25) is 0 Å². The second-order valence-electron chi connectivity index (χ2n) is 11.3. The maximum absolute atomic E-state index is 2.34. The van der Waals surface area contributed by atoms with E-state index in [-0.39, 0.29) is 0 Å². The lowest BCUT2D eigenvalue weighted by Gasteiger charge is -2.11. The third kappa shape index (κ3) is 18.4. The fourth-order valence-corrected chi connectivity index (χ4v) is 5.12. The van der Waals surface area contributed by atoms with Crippen molar-refractivity contribution in [2.45, 2.75) is 172 Å². The standard InChI is InChI=1S/3C8H16.C4H8.2C2H6/c3*1-7(2)8-5-3-4-6-8;1-2-4-3-1;2*1-2/h3*7-8H,3-6H2,1-2H3;1-4H2;2*1-2H3. The molecular formula is C32H68. The molecule has 4 aliphatic rings. The summed E-state index contributed by atoms with van der Waals surface area (Å²) < 4.78 is 0. The van der Waals surface area contributed by atoms with Crippen LogP contribution in [0.1, 0.15) is 172 Å². The predicted octanol–water partition coefficient (Wildman–Crippen LogP) is 12.1. The van der Waals surface area contributed by atoms with Crippen molar-refractivity contribution >= 4 is 0 Å². The van der Waals surface area contributed by atoms with Gasteiger partial charge in [-0.25, -0.2) is 0 Å². The van der Waals surface area contributed by atoms with Crippen molar-refractivity contribution in [1.29, 1.82) is 0 Å². The second-order valence-corrected chi connectivity index (χ2v) is 11.3. The molecule has 0 N–H and O–H groups in total. The van der Waals surface area contributed by atoms with Crippen molar-refractivity contribution in [2.75, 3.05) is 0 Å². The van der Waals surface area contributed by atoms with Crippen LogP contribution in [0.4, 0.5) is 0 Å². The maximum atomic E-state index is 2.34. The molecular weight excluding hydrogens is 384 g/mol. The van der Waals surface area contributed by atoms with Crippen molar-refractivity contribution in [3.63, 3.8) is 0 Å². The molecule has 0 heterocycles. The molecule has 0 spiro atoms. The van der Waals surface area contributed by atoms with E-state index < -0.39 is 0 Å². The van der Waals surface area contributed by atoms with E-state index >= 15 is 0 Å². The van der Waals surface area contributed by atoms with Gasteiger partial charge in [-0.05, 0) is 35.5 Å². The Morgan fingerprint density at radius 2 is 0.469 bits per heavy atom. The zero-order chi connectivity index (χ0) is 24.8. The first-order valence-electron chi connectivity index (χ1n) is 15.4. The molecule has 0 radical (unpaired) electrons. The molecule has 0 unspecified atom stereocenters. The Labute approximate surface area is 207 Å². The highest BCUT2D eigenvalue weighted by Gasteiger charge is 2.18. The van der Waals surface area contributed by atoms with Gasteiger partial charge in [-0.2, -0.15) is 0 Å². The first kappa shape index (κ1) is 34.2. The first-order valence-corrected chi connectivity index (χ1v) is 15.4. The molecule has 0 aromatic rings. The van der Waals surface area contributed by atoms with Crippen LogP contribution < -0.4 is 0 Å². The molecule has 0 bridgehead atoms. The summed E-state index contributed by atoms with van der Waals surface area (Å²) in [6, 6.07) is 0. The fourth-order valence-electron chi connectivity index (χ4n) is 5.12. The SMILES string of the molecule is C1CCC1.CC.CC.CC(C)C1CCCC1.CC(C)C1CCCC1.CC(C)C1CCCC1. The van der Waals surface area contributed by atoms with Gasteiger partial charge >= 0.3 is 0 Å². The minimum atomic E-state index is 0.942. The molecule has 0 aromatic carbocycles. The molecule has 0 aliphatic heterocycles. The van der Waals surface area contributed by atoms with Crippen LogP contribution in [0, 0.1) is 35.5 Å². The van der Waals surface area contributed by atoms with Crippen molar-refractivity contribution in [3.05, 3.63) is 0 Å². The number of rotatable bonds is 3. The van der Waals surface area contributed by atoms with Crippen LogP contribution in [-0.4, -0.2) is 0 Å². The quantitative estimate of drug-likeness (QED) is 0.399. The summed E-state index contributed by atoms with van der Waals surface area (Å²) in [4.78, 5) is 0. The third-order valence-electron chi connectivity index (χ3n) is 8.03. The second kappa shape index (κ2) is 24.1. The molecule has 0 atom stereocenters. The van der Waals surface area contributed by atoms with E-state index in [9.17, 15) is 0 Å². The Morgan fingerprint density at radius 1 is 0.312 bits per heavy atom. The largest absolute Gasteiger partial charge is 0.0683 e. The molecule has 4 rings (SSSR count). The monoisotopic (exact) mass is 453 g/mol. The highest BCUT2D eigenvalue weighted by molar-refractivity contribution is 4.70. The van der Waals surface area contributed by atoms with Crippen molar-refractivity contribution in [1.82, 2.24) is 0 Å². The van der Waals surface area contributed by atoms with E-state index in [1.807, 2.05) is 27.7 Å². The molecule has 0 heteroatoms. The molecule has 4 saturated carbocycles. The van der Waals surface area contributed by atoms with Crippen LogP contribution in [-0.2, 0) is 0 Å². The summed E-state index contributed by atoms with van der Waals surface area (Å²) in [6.07, 6.45) is 23.9. The third-order valence-corrected chi connectivity index (χ3v) is 8.03. The van der Waals surface area contributed by atoms with Gasteiger partial charge in [-0.15, -0.1) is 0 Å². The highest BCUT2D eigenvalue weighted by Crippen LogP contribution is 2.31. The Balaban J connectivity index is 0. The van der Waals surface area contributed by atoms with E-state index in [0.29, 0.717) is 0 Å². The molecule has 0 aromatic heterocycles. The predicted molar refractivity (Wildman–Crippen MR) is 152 cm³/mol. The zero-order valence-corrected chi connectivity index (χ0v) is 24.8. The van der Waals surface area contributed by atoms with Gasteiger partial charge in [0.05, 0.1) is 0 Å². The minimum absolute atomic E-state index is 0.942. The van der Waals surface area contributed by atoms with Crippen LogP contribution in [0.5, 0.6) is 0 Å². The van der Waals surface area contributed by atoms with E-state index in [4.69, 9.17) is 0 Å². The number of hydrogen-bond donors (Lipinski definition) is 0. The van der Waals surface area contributed by atoms with Gasteiger partial charge < -0.3 is 0 Å². The van der Waals surface area contributed by atoms with Gasteiger partial charge in [-0.1, -0.05) is 172 Å². The first-order chi connectivity index (χ1) is 15.4. The van der Waals surface area contributed by atoms with Crippen LogP contribution in [0.2, 0.25) is 0 Å². The topological polar surface area (TPSA) is 0 Å². The van der Waals surface area contributed by atoms with Gasteiger partial charge in [-0.3, -0.25) is 0 Å². The Morgan fingerprint density at radius 3 is 0.531 bits per heavy atom. The molecule has 0 amide bonds. The highest BCUT2D eigenvalue weighted by atomic mass is 14.2. The lowest BCUT2D eigenvalue weighted by molar-refractivity contribution is 0.396. The van der Waals surface area contributed by atoms with Gasteiger partial charge in [0, 0.05) is 0 Å². The molecule has 196 valence electrons. The summed E-state index contributed by atoms with van der Waals surface area (Å²) in [6.45, 7) is 22.1. The Hall–Kier alpha value is 0. The van der Waals surface area contributed by atoms with Crippen LogP contribution >= 0.6 is 0 Å². The summed E-state index contributed by atoms with van der Waals surface area (Å²) in [5.74, 6) is 6.02. The molecule has 32 heavy (non-hydrogen) atoms. The summed E-state index contributed by atoms with van der Waals surface area (Å²) in [5.41, 5.74) is 0. The molecule has 0 saturated heterocycles. The Bertz CT molecular complexity index is 266. The van der Waals surface area contributed by atoms with E-state index in [2.05, 4.69) is 41.5 Å². The summed E-state index contributed by atoms with van der Waals surface area (Å²) >= 11 is 0. The van der Waals surface area contributed by atoms with E-state index in [0.717, 1.165) is 35.5 Å². The summed E-state index contributed by atoms with van der Waals surface area (Å²) in [5, 5.41) is 0. The summed E-state index contributed by atoms with van der Waals surface area (Å²) in [7, 11) is 0. The minimum Gasteiger partial charge on any atom is -0.0683 e. The fraction of sp³-hybridized carbons (Fsp3) is 1.00. The lowest BCUT2D eigenvalue weighted by Crippen LogP contribution is -2.01. The maximum Gasteiger partial charge on any atom is -0.0391 e. The Kier molecular flexibility index (Phi) is 25.8. The normalized spacial score (nSPS) is 20.5. The van der Waals surface area contributed by atoms with Crippen LogP contribution in [0.25, 0.3) is 0 Å². The average molecular weight is 453 g/mol. The van der Waals surface area contributed by atoms with Gasteiger partial charge in [0.1, 0.15) is 0 Å². The lowest BCUT2D eigenvalue weighted by atomic mass is 9.95. The zero-order valence-electron chi connectivity index (χ0n) is 24.8. The number of hydrogen-bond acceptors (Lipinski definition) is 0. The van der Waals surface area contributed by atoms with Crippen LogP contribution in [0.3, 0.4) is 0 Å². The molecule has 4 aliphatic carbocycles. The van der Waals surface area contributed by atoms with Crippen LogP contribution in [0.15, 0.2) is 0 Å². The van der Waals surface area contributed by atoms with E-state index in [1.54, 1.807) is 0 Å². The van der Waals surface area contributed by atoms with Gasteiger partial charge in [0.15, 0.2) is 0 Å². The smallest absolute Gasteiger partial charge is 0.0391 e. The van der Waals surface area contributed by atoms with Crippen molar-refractivity contribution < 1.29 is 0 Å².